The second kappa shape index (κ2) is 6.22. The van der Waals surface area contributed by atoms with Crippen LogP contribution in [0.4, 0.5) is 4.39 Å². The molecule has 0 radical (unpaired) electrons. The van der Waals surface area contributed by atoms with Gasteiger partial charge in [-0.1, -0.05) is 0 Å². The molecule has 0 spiro atoms. The fraction of sp³-hybridized carbons (Fsp3) is 0.353. The molecular weight excluding hydrogens is 283 g/mol. The predicted molar refractivity (Wildman–Crippen MR) is 83.6 cm³/mol. The van der Waals surface area contributed by atoms with Crippen molar-refractivity contribution in [3.63, 3.8) is 0 Å². The summed E-state index contributed by atoms with van der Waals surface area (Å²) < 4.78 is 13.1. The van der Waals surface area contributed by atoms with Crippen molar-refractivity contribution >= 4 is 5.91 Å². The number of carbonyl (C=O) groups excluding carboxylic acids is 1. The molecule has 0 fully saturated rings. The highest BCUT2D eigenvalue weighted by Gasteiger charge is 2.19. The van der Waals surface area contributed by atoms with Crippen LogP contribution in [-0.2, 0) is 11.2 Å². The Hall–Kier alpha value is -2.30. The number of hydrogen-bond donors (Lipinski definition) is 2. The summed E-state index contributed by atoms with van der Waals surface area (Å²) in [6.07, 6.45) is 5.62. The molecule has 2 rings (SSSR count). The molecule has 5 heteroatoms. The Morgan fingerprint density at radius 3 is 2.73 bits per heavy atom. The molecule has 0 aliphatic carbocycles. The molecule has 0 aromatic heterocycles. The number of halogens is 1. The van der Waals surface area contributed by atoms with E-state index in [1.54, 1.807) is 0 Å². The van der Waals surface area contributed by atoms with Gasteiger partial charge in [0.05, 0.1) is 6.42 Å². The van der Waals surface area contributed by atoms with Crippen LogP contribution in [0, 0.1) is 5.82 Å². The average Bonchev–Trinajstić information content (AvgIpc) is 2.42. The lowest BCUT2D eigenvalue weighted by atomic mass is 10.1. The highest BCUT2D eigenvalue weighted by molar-refractivity contribution is 5.81. The van der Waals surface area contributed by atoms with Crippen LogP contribution in [0.3, 0.4) is 0 Å². The van der Waals surface area contributed by atoms with Gasteiger partial charge >= 0.3 is 0 Å². The quantitative estimate of drug-likeness (QED) is 0.903. The van der Waals surface area contributed by atoms with Gasteiger partial charge in [-0.2, -0.15) is 0 Å². The summed E-state index contributed by atoms with van der Waals surface area (Å²) in [5.74, 6) is -0.845. The van der Waals surface area contributed by atoms with Gasteiger partial charge in [0.25, 0.3) is 0 Å². The van der Waals surface area contributed by atoms with E-state index in [4.69, 9.17) is 0 Å². The van der Waals surface area contributed by atoms with E-state index in [9.17, 15) is 14.3 Å². The number of nitrogens with zero attached hydrogens (tertiary/aromatic N) is 1. The van der Waals surface area contributed by atoms with Crippen LogP contribution in [0.5, 0.6) is 5.75 Å². The number of phenolic OH excluding ortho intramolecular Hbond substituents is 1. The van der Waals surface area contributed by atoms with Gasteiger partial charge in [0.1, 0.15) is 11.6 Å². The fourth-order valence-corrected chi connectivity index (χ4v) is 2.16. The zero-order valence-electron chi connectivity index (χ0n) is 13.1. The lowest BCUT2D eigenvalue weighted by Crippen LogP contribution is -2.39. The highest BCUT2D eigenvalue weighted by Crippen LogP contribution is 2.19. The Bertz CT molecular complexity index is 630. The van der Waals surface area contributed by atoms with Crippen molar-refractivity contribution in [3.05, 3.63) is 53.6 Å². The SMILES string of the molecule is CC(C)(C)N1C=CC(NC(=O)Cc2cc(F)ccc2O)=CC1. The van der Waals surface area contributed by atoms with E-state index >= 15 is 0 Å². The summed E-state index contributed by atoms with van der Waals surface area (Å²) in [6.45, 7) is 7.05. The molecule has 2 N–H and O–H groups in total. The van der Waals surface area contributed by atoms with Crippen molar-refractivity contribution < 1.29 is 14.3 Å². The van der Waals surface area contributed by atoms with Gasteiger partial charge in [0, 0.05) is 29.5 Å². The van der Waals surface area contributed by atoms with E-state index in [0.717, 1.165) is 6.07 Å². The number of allylic oxidation sites excluding steroid dienone is 1. The molecule has 0 bridgehead atoms. The second-order valence-corrected chi connectivity index (χ2v) is 6.30. The van der Waals surface area contributed by atoms with Gasteiger partial charge in [-0.25, -0.2) is 4.39 Å². The molecule has 1 heterocycles. The first-order valence-electron chi connectivity index (χ1n) is 7.18. The Morgan fingerprint density at radius 1 is 1.41 bits per heavy atom. The van der Waals surface area contributed by atoms with E-state index in [2.05, 4.69) is 31.0 Å². The minimum absolute atomic E-state index is 0.0237. The normalized spacial score (nSPS) is 14.7. The molecule has 118 valence electrons. The number of hydrogen-bond acceptors (Lipinski definition) is 3. The van der Waals surface area contributed by atoms with E-state index in [0.29, 0.717) is 12.2 Å². The monoisotopic (exact) mass is 304 g/mol. The van der Waals surface area contributed by atoms with E-state index in [1.165, 1.54) is 12.1 Å². The van der Waals surface area contributed by atoms with Crippen LogP contribution in [0.1, 0.15) is 26.3 Å². The van der Waals surface area contributed by atoms with Crippen molar-refractivity contribution in [2.75, 3.05) is 6.54 Å². The molecule has 1 aromatic rings. The molecule has 0 saturated heterocycles. The van der Waals surface area contributed by atoms with Crippen LogP contribution in [-0.4, -0.2) is 28.0 Å². The van der Waals surface area contributed by atoms with Crippen LogP contribution >= 0.6 is 0 Å². The van der Waals surface area contributed by atoms with Gasteiger partial charge in [-0.3, -0.25) is 4.79 Å². The van der Waals surface area contributed by atoms with Crippen LogP contribution < -0.4 is 5.32 Å². The minimum atomic E-state index is -0.474. The zero-order valence-corrected chi connectivity index (χ0v) is 13.1. The molecule has 4 nitrogen and oxygen atoms in total. The third-order valence-corrected chi connectivity index (χ3v) is 3.48. The second-order valence-electron chi connectivity index (χ2n) is 6.30. The van der Waals surface area contributed by atoms with Crippen molar-refractivity contribution in [2.45, 2.75) is 32.7 Å². The number of rotatable bonds is 3. The number of amides is 1. The molecule has 1 amide bonds. The summed E-state index contributed by atoms with van der Waals surface area (Å²) >= 11 is 0. The summed E-state index contributed by atoms with van der Waals surface area (Å²) in [5.41, 5.74) is 1.01. The van der Waals surface area contributed by atoms with E-state index < -0.39 is 5.82 Å². The van der Waals surface area contributed by atoms with Crippen molar-refractivity contribution in [2.24, 2.45) is 0 Å². The topological polar surface area (TPSA) is 52.6 Å². The number of phenols is 1. The predicted octanol–water partition coefficient (Wildman–Crippen LogP) is 2.70. The standard InChI is InChI=1S/C17H21FN2O2/c1-17(2,3)20-8-6-14(7-9-20)19-16(22)11-12-10-13(18)4-5-15(12)21/h4-8,10,21H,9,11H2,1-3H3,(H,19,22). The number of benzene rings is 1. The smallest absolute Gasteiger partial charge is 0.228 e. The maximum Gasteiger partial charge on any atom is 0.228 e. The largest absolute Gasteiger partial charge is 0.508 e. The Balaban J connectivity index is 1.95. The molecule has 0 unspecified atom stereocenters. The molecular formula is C17H21FN2O2. The number of aromatic hydroxyl groups is 1. The molecule has 1 aromatic carbocycles. The number of nitrogens with one attached hydrogen (secondary N) is 1. The molecule has 22 heavy (non-hydrogen) atoms. The van der Waals surface area contributed by atoms with Crippen LogP contribution in [0.25, 0.3) is 0 Å². The van der Waals surface area contributed by atoms with Gasteiger partial charge < -0.3 is 15.3 Å². The van der Waals surface area contributed by atoms with Gasteiger partial charge in [0.2, 0.25) is 5.91 Å². The Labute approximate surface area is 129 Å². The van der Waals surface area contributed by atoms with Gasteiger partial charge in [-0.15, -0.1) is 0 Å². The van der Waals surface area contributed by atoms with E-state index in [-0.39, 0.29) is 29.2 Å². The molecule has 0 saturated carbocycles. The van der Waals surface area contributed by atoms with Crippen molar-refractivity contribution in [1.29, 1.82) is 0 Å². The highest BCUT2D eigenvalue weighted by atomic mass is 19.1. The molecule has 1 aliphatic rings. The van der Waals surface area contributed by atoms with Gasteiger partial charge in [-0.05, 0) is 51.1 Å². The summed E-state index contributed by atoms with van der Waals surface area (Å²) in [5, 5.41) is 12.4. The maximum absolute atomic E-state index is 13.1. The Kier molecular flexibility index (Phi) is 4.54. The lowest BCUT2D eigenvalue weighted by molar-refractivity contribution is -0.119. The van der Waals surface area contributed by atoms with Crippen LogP contribution in [0.15, 0.2) is 42.2 Å². The number of carbonyl (C=O) groups is 1. The molecule has 1 aliphatic heterocycles. The first kappa shape index (κ1) is 16.1. The van der Waals surface area contributed by atoms with Crippen LogP contribution in [0.2, 0.25) is 0 Å². The maximum atomic E-state index is 13.1. The third kappa shape index (κ3) is 4.10. The lowest BCUT2D eigenvalue weighted by Gasteiger charge is -2.35. The first-order valence-corrected chi connectivity index (χ1v) is 7.18. The summed E-state index contributed by atoms with van der Waals surface area (Å²) in [6, 6.07) is 3.57. The third-order valence-electron chi connectivity index (χ3n) is 3.48. The average molecular weight is 304 g/mol. The minimum Gasteiger partial charge on any atom is -0.508 e. The fourth-order valence-electron chi connectivity index (χ4n) is 2.16. The summed E-state index contributed by atoms with van der Waals surface area (Å²) in [7, 11) is 0. The first-order chi connectivity index (χ1) is 10.3. The Morgan fingerprint density at radius 2 is 2.14 bits per heavy atom. The molecule has 0 atom stereocenters. The van der Waals surface area contributed by atoms with Crippen molar-refractivity contribution in [3.8, 4) is 5.75 Å². The van der Waals surface area contributed by atoms with Crippen molar-refractivity contribution in [1.82, 2.24) is 10.2 Å². The van der Waals surface area contributed by atoms with Gasteiger partial charge in [0.15, 0.2) is 0 Å². The zero-order chi connectivity index (χ0) is 16.3. The van der Waals surface area contributed by atoms with E-state index in [1.807, 2.05) is 18.4 Å². The summed E-state index contributed by atoms with van der Waals surface area (Å²) in [4.78, 5) is 14.1.